The highest BCUT2D eigenvalue weighted by atomic mass is 16.5. The van der Waals surface area contributed by atoms with Gasteiger partial charge >= 0.3 is 0 Å². The van der Waals surface area contributed by atoms with E-state index in [1.807, 2.05) is 0 Å². The zero-order valence-corrected chi connectivity index (χ0v) is 11.5. The molecule has 2 atom stereocenters. The van der Waals surface area contributed by atoms with E-state index in [2.05, 4.69) is 50.4 Å². The van der Waals surface area contributed by atoms with E-state index in [4.69, 9.17) is 4.74 Å². The lowest BCUT2D eigenvalue weighted by molar-refractivity contribution is 0.164. The normalized spacial score (nSPS) is 14.4. The molecule has 0 radical (unpaired) electrons. The zero-order valence-electron chi connectivity index (χ0n) is 11.5. The van der Waals surface area contributed by atoms with Crippen LogP contribution < -0.4 is 5.32 Å². The largest absolute Gasteiger partial charge is 0.385 e. The predicted octanol–water partition coefficient (Wildman–Crippen LogP) is 3.89. The fourth-order valence-electron chi connectivity index (χ4n) is 1.80. The molecule has 0 aliphatic heterocycles. The van der Waals surface area contributed by atoms with E-state index in [9.17, 15) is 0 Å². The Labute approximate surface area is 105 Å². The van der Waals surface area contributed by atoms with E-state index < -0.39 is 0 Å². The Bertz CT molecular complexity index is 307. The summed E-state index contributed by atoms with van der Waals surface area (Å²) in [6, 6.07) is 8.77. The summed E-state index contributed by atoms with van der Waals surface area (Å²) in [7, 11) is 1.75. The molecule has 0 saturated carbocycles. The van der Waals surface area contributed by atoms with Crippen LogP contribution in [-0.4, -0.2) is 20.3 Å². The number of nitrogens with one attached hydrogen (secondary N) is 1. The topological polar surface area (TPSA) is 21.3 Å². The van der Waals surface area contributed by atoms with Crippen LogP contribution in [0.25, 0.3) is 0 Å². The van der Waals surface area contributed by atoms with Crippen molar-refractivity contribution >= 4 is 5.69 Å². The Kier molecular flexibility index (Phi) is 6.06. The Morgan fingerprint density at radius 2 is 1.82 bits per heavy atom. The van der Waals surface area contributed by atoms with Gasteiger partial charge in [0, 0.05) is 19.3 Å². The van der Waals surface area contributed by atoms with Crippen molar-refractivity contribution in [2.75, 3.05) is 25.6 Å². The first-order valence-corrected chi connectivity index (χ1v) is 6.50. The van der Waals surface area contributed by atoms with Gasteiger partial charge in [-0.2, -0.15) is 0 Å². The Balaban J connectivity index is 2.45. The third-order valence-electron chi connectivity index (χ3n) is 3.20. The lowest BCUT2D eigenvalue weighted by atomic mass is 9.98. The lowest BCUT2D eigenvalue weighted by Gasteiger charge is -2.14. The van der Waals surface area contributed by atoms with Crippen LogP contribution in [0.1, 0.15) is 38.7 Å². The summed E-state index contributed by atoms with van der Waals surface area (Å²) < 4.78 is 5.12. The highest BCUT2D eigenvalue weighted by Gasteiger charge is 2.03. The number of ether oxygens (including phenoxy) is 1. The minimum Gasteiger partial charge on any atom is -0.385 e. The van der Waals surface area contributed by atoms with Crippen LogP contribution in [0.5, 0.6) is 0 Å². The molecule has 2 heteroatoms. The smallest absolute Gasteiger partial charge is 0.0504 e. The van der Waals surface area contributed by atoms with Gasteiger partial charge in [0.1, 0.15) is 0 Å². The second-order valence-corrected chi connectivity index (χ2v) is 4.87. The second kappa shape index (κ2) is 7.33. The molecule has 1 aromatic rings. The highest BCUT2D eigenvalue weighted by Crippen LogP contribution is 2.20. The quantitative estimate of drug-likeness (QED) is 0.774. The van der Waals surface area contributed by atoms with Crippen LogP contribution in [0, 0.1) is 5.92 Å². The molecular formula is C15H25NO. The van der Waals surface area contributed by atoms with Crippen molar-refractivity contribution in [3.05, 3.63) is 29.8 Å². The first kappa shape index (κ1) is 14.0. The Morgan fingerprint density at radius 1 is 1.18 bits per heavy atom. The molecule has 0 aromatic heterocycles. The van der Waals surface area contributed by atoms with E-state index in [0.29, 0.717) is 11.8 Å². The molecule has 1 aromatic carbocycles. The van der Waals surface area contributed by atoms with Gasteiger partial charge in [-0.1, -0.05) is 32.9 Å². The molecule has 0 fully saturated rings. The number of methoxy groups -OCH3 is 1. The van der Waals surface area contributed by atoms with Crippen molar-refractivity contribution in [1.82, 2.24) is 0 Å². The van der Waals surface area contributed by atoms with Gasteiger partial charge in [0.15, 0.2) is 0 Å². The molecule has 1 N–H and O–H groups in total. The molecule has 0 spiro atoms. The van der Waals surface area contributed by atoms with Crippen LogP contribution in [0.4, 0.5) is 5.69 Å². The predicted molar refractivity (Wildman–Crippen MR) is 74.7 cm³/mol. The number of benzene rings is 1. The average Bonchev–Trinajstić information content (AvgIpc) is 2.36. The lowest BCUT2D eigenvalue weighted by Crippen LogP contribution is -2.15. The molecule has 1 rings (SSSR count). The summed E-state index contributed by atoms with van der Waals surface area (Å²) in [6.45, 7) is 8.44. The molecule has 17 heavy (non-hydrogen) atoms. The summed E-state index contributed by atoms with van der Waals surface area (Å²) >= 11 is 0. The Hall–Kier alpha value is -1.02. The summed E-state index contributed by atoms with van der Waals surface area (Å²) in [5.41, 5.74) is 2.61. The van der Waals surface area contributed by atoms with Crippen molar-refractivity contribution in [3.63, 3.8) is 0 Å². The van der Waals surface area contributed by atoms with Gasteiger partial charge in [-0.3, -0.25) is 0 Å². The number of rotatable bonds is 7. The molecular weight excluding hydrogens is 210 g/mol. The van der Waals surface area contributed by atoms with E-state index >= 15 is 0 Å². The molecule has 0 aliphatic carbocycles. The van der Waals surface area contributed by atoms with Gasteiger partial charge in [-0.05, 0) is 36.0 Å². The number of hydrogen-bond donors (Lipinski definition) is 1. The van der Waals surface area contributed by atoms with Gasteiger partial charge in [0.25, 0.3) is 0 Å². The minimum atomic E-state index is 0.536. The van der Waals surface area contributed by atoms with Crippen LogP contribution in [0.3, 0.4) is 0 Å². The van der Waals surface area contributed by atoms with Gasteiger partial charge in [-0.15, -0.1) is 0 Å². The number of hydrogen-bond acceptors (Lipinski definition) is 2. The summed E-state index contributed by atoms with van der Waals surface area (Å²) in [6.07, 6.45) is 1.19. The fourth-order valence-corrected chi connectivity index (χ4v) is 1.80. The molecule has 0 amide bonds. The number of anilines is 1. The van der Waals surface area contributed by atoms with E-state index in [1.165, 1.54) is 17.7 Å². The van der Waals surface area contributed by atoms with Gasteiger partial charge in [0.05, 0.1) is 6.61 Å². The third-order valence-corrected chi connectivity index (χ3v) is 3.20. The summed E-state index contributed by atoms with van der Waals surface area (Å²) in [4.78, 5) is 0. The van der Waals surface area contributed by atoms with E-state index in [1.54, 1.807) is 7.11 Å². The molecule has 0 saturated heterocycles. The standard InChI is InChI=1S/C15H25NO/c1-5-13(3)14-6-8-15(9-7-14)16-10-12(2)11-17-4/h6-9,12-13,16H,5,10-11H2,1-4H3. The molecule has 2 unspecified atom stereocenters. The first-order valence-electron chi connectivity index (χ1n) is 6.50. The summed E-state index contributed by atoms with van der Waals surface area (Å²) in [5.74, 6) is 1.19. The second-order valence-electron chi connectivity index (χ2n) is 4.87. The van der Waals surface area contributed by atoms with Crippen LogP contribution in [0.15, 0.2) is 24.3 Å². The van der Waals surface area contributed by atoms with E-state index in [-0.39, 0.29) is 0 Å². The Morgan fingerprint density at radius 3 is 2.35 bits per heavy atom. The van der Waals surface area contributed by atoms with Crippen LogP contribution in [0.2, 0.25) is 0 Å². The molecule has 0 bridgehead atoms. The van der Waals surface area contributed by atoms with Gasteiger partial charge in [0.2, 0.25) is 0 Å². The van der Waals surface area contributed by atoms with Crippen LogP contribution in [-0.2, 0) is 4.74 Å². The van der Waals surface area contributed by atoms with Crippen molar-refractivity contribution in [2.45, 2.75) is 33.1 Å². The van der Waals surface area contributed by atoms with Crippen molar-refractivity contribution in [3.8, 4) is 0 Å². The fraction of sp³-hybridized carbons (Fsp3) is 0.600. The zero-order chi connectivity index (χ0) is 12.7. The monoisotopic (exact) mass is 235 g/mol. The SMILES string of the molecule is CCC(C)c1ccc(NCC(C)COC)cc1. The maximum atomic E-state index is 5.12. The van der Waals surface area contributed by atoms with Gasteiger partial charge in [-0.25, -0.2) is 0 Å². The van der Waals surface area contributed by atoms with Crippen molar-refractivity contribution in [2.24, 2.45) is 5.92 Å². The third kappa shape index (κ3) is 4.78. The average molecular weight is 235 g/mol. The molecule has 96 valence electrons. The maximum Gasteiger partial charge on any atom is 0.0504 e. The van der Waals surface area contributed by atoms with Gasteiger partial charge < -0.3 is 10.1 Å². The highest BCUT2D eigenvalue weighted by molar-refractivity contribution is 5.45. The van der Waals surface area contributed by atoms with Crippen LogP contribution >= 0.6 is 0 Å². The van der Waals surface area contributed by atoms with E-state index in [0.717, 1.165) is 13.2 Å². The summed E-state index contributed by atoms with van der Waals surface area (Å²) in [5, 5.41) is 3.43. The van der Waals surface area contributed by atoms with Crippen molar-refractivity contribution < 1.29 is 4.74 Å². The minimum absolute atomic E-state index is 0.536. The van der Waals surface area contributed by atoms with Crippen molar-refractivity contribution in [1.29, 1.82) is 0 Å². The molecule has 0 heterocycles. The molecule has 0 aliphatic rings. The maximum absolute atomic E-state index is 5.12. The molecule has 2 nitrogen and oxygen atoms in total. The first-order chi connectivity index (χ1) is 8.17.